The van der Waals surface area contributed by atoms with Gasteiger partial charge >= 0.3 is 0 Å². The molecule has 19 heavy (non-hydrogen) atoms. The normalized spacial score (nSPS) is 19.3. The first-order valence-electron chi connectivity index (χ1n) is 7.42. The van der Waals surface area contributed by atoms with Crippen LogP contribution < -0.4 is 5.32 Å². The van der Waals surface area contributed by atoms with E-state index in [1.165, 1.54) is 36.0 Å². The fourth-order valence-corrected chi connectivity index (χ4v) is 3.13. The van der Waals surface area contributed by atoms with Crippen LogP contribution in [0.25, 0.3) is 0 Å². The minimum Gasteiger partial charge on any atom is -0.308 e. The van der Waals surface area contributed by atoms with Crippen molar-refractivity contribution in [2.24, 2.45) is 0 Å². The quantitative estimate of drug-likeness (QED) is 0.872. The maximum Gasteiger partial charge on any atom is 0.0328 e. The topological polar surface area (TPSA) is 15.3 Å². The summed E-state index contributed by atoms with van der Waals surface area (Å²) in [6.45, 7) is 7.74. The van der Waals surface area contributed by atoms with Crippen molar-refractivity contribution in [1.82, 2.24) is 10.2 Å². The van der Waals surface area contributed by atoms with Crippen molar-refractivity contribution in [2.45, 2.75) is 51.6 Å². The number of benzene rings is 1. The molecule has 0 amide bonds. The van der Waals surface area contributed by atoms with E-state index in [9.17, 15) is 0 Å². The number of hydrogen-bond acceptors (Lipinski definition) is 2. The molecule has 0 saturated heterocycles. The fourth-order valence-electron chi connectivity index (χ4n) is 3.13. The van der Waals surface area contributed by atoms with Gasteiger partial charge in [0.2, 0.25) is 0 Å². The molecule has 2 nitrogen and oxygen atoms in total. The predicted molar refractivity (Wildman–Crippen MR) is 82.6 cm³/mol. The molecule has 1 N–H and O–H groups in total. The zero-order chi connectivity index (χ0) is 14.0. The van der Waals surface area contributed by atoms with Gasteiger partial charge in [-0.1, -0.05) is 23.8 Å². The van der Waals surface area contributed by atoms with Crippen LogP contribution in [0.4, 0.5) is 0 Å². The Morgan fingerprint density at radius 2 is 1.95 bits per heavy atom. The molecule has 1 aliphatic rings. The van der Waals surface area contributed by atoms with Crippen molar-refractivity contribution < 1.29 is 0 Å². The van der Waals surface area contributed by atoms with Crippen molar-refractivity contribution in [3.63, 3.8) is 0 Å². The van der Waals surface area contributed by atoms with Crippen molar-refractivity contribution in [2.75, 3.05) is 20.6 Å². The van der Waals surface area contributed by atoms with Gasteiger partial charge in [0, 0.05) is 18.1 Å². The van der Waals surface area contributed by atoms with E-state index in [1.807, 2.05) is 0 Å². The average Bonchev–Trinajstić information content (AvgIpc) is 2.26. The Labute approximate surface area is 118 Å². The Morgan fingerprint density at radius 3 is 2.42 bits per heavy atom. The molecule has 1 aromatic rings. The summed E-state index contributed by atoms with van der Waals surface area (Å²) in [5.41, 5.74) is 4.57. The van der Waals surface area contributed by atoms with Crippen molar-refractivity contribution >= 4 is 0 Å². The third-order valence-corrected chi connectivity index (χ3v) is 4.86. The van der Waals surface area contributed by atoms with Crippen LogP contribution >= 0.6 is 0 Å². The number of likely N-dealkylation sites (N-methyl/N-ethyl adjacent to an activating group) is 1. The summed E-state index contributed by atoms with van der Waals surface area (Å²) in [4.78, 5) is 2.40. The molecule has 0 bridgehead atoms. The Balaban J connectivity index is 1.99. The minimum absolute atomic E-state index is 0.396. The molecule has 2 heteroatoms. The molecule has 0 heterocycles. The molecule has 1 unspecified atom stereocenters. The third kappa shape index (κ3) is 3.01. The molecule has 1 aliphatic carbocycles. The zero-order valence-electron chi connectivity index (χ0n) is 13.1. The highest BCUT2D eigenvalue weighted by Gasteiger charge is 2.38. The highest BCUT2D eigenvalue weighted by atomic mass is 15.2. The van der Waals surface area contributed by atoms with Crippen LogP contribution in [0.15, 0.2) is 18.2 Å². The summed E-state index contributed by atoms with van der Waals surface area (Å²) >= 11 is 0. The van der Waals surface area contributed by atoms with Gasteiger partial charge in [0.25, 0.3) is 0 Å². The smallest absolute Gasteiger partial charge is 0.0328 e. The number of nitrogens with zero attached hydrogens (tertiary/aromatic N) is 1. The van der Waals surface area contributed by atoms with Crippen LogP contribution in [-0.2, 0) is 0 Å². The molecule has 0 spiro atoms. The lowest BCUT2D eigenvalue weighted by Gasteiger charge is -2.48. The second-order valence-electron chi connectivity index (χ2n) is 6.43. The van der Waals surface area contributed by atoms with Gasteiger partial charge < -0.3 is 10.2 Å². The number of hydrogen-bond donors (Lipinski definition) is 1. The summed E-state index contributed by atoms with van der Waals surface area (Å²) in [6.07, 6.45) is 4.02. The van der Waals surface area contributed by atoms with Gasteiger partial charge in [-0.25, -0.2) is 0 Å². The van der Waals surface area contributed by atoms with Gasteiger partial charge in [0.15, 0.2) is 0 Å². The molecule has 1 saturated carbocycles. The largest absolute Gasteiger partial charge is 0.308 e. The van der Waals surface area contributed by atoms with Crippen molar-refractivity contribution in [3.05, 3.63) is 34.9 Å². The molecule has 2 rings (SSSR count). The van der Waals surface area contributed by atoms with E-state index >= 15 is 0 Å². The summed E-state index contributed by atoms with van der Waals surface area (Å²) < 4.78 is 0. The Hall–Kier alpha value is -0.860. The Morgan fingerprint density at radius 1 is 1.26 bits per heavy atom. The second-order valence-corrected chi connectivity index (χ2v) is 6.43. The van der Waals surface area contributed by atoms with Crippen molar-refractivity contribution in [3.8, 4) is 0 Å². The molecular formula is C17H28N2. The van der Waals surface area contributed by atoms with Crippen LogP contribution in [0.5, 0.6) is 0 Å². The second kappa shape index (κ2) is 5.64. The van der Waals surface area contributed by atoms with Crippen LogP contribution in [0, 0.1) is 13.8 Å². The Kier molecular flexibility index (Phi) is 4.32. The lowest BCUT2D eigenvalue weighted by Crippen LogP contribution is -2.56. The van der Waals surface area contributed by atoms with E-state index < -0.39 is 0 Å². The summed E-state index contributed by atoms with van der Waals surface area (Å²) in [5, 5.41) is 3.74. The Bertz CT molecular complexity index is 433. The standard InChI is InChI=1S/C17H28N2/c1-13-7-8-16(14(2)11-13)15(3)18-12-17(19(4)5)9-6-10-17/h7-8,11,15,18H,6,9-10,12H2,1-5H3. The minimum atomic E-state index is 0.396. The van der Waals surface area contributed by atoms with Crippen LogP contribution in [0.2, 0.25) is 0 Å². The summed E-state index contributed by atoms with van der Waals surface area (Å²) in [5.74, 6) is 0. The van der Waals surface area contributed by atoms with Gasteiger partial charge in [0.1, 0.15) is 0 Å². The van der Waals surface area contributed by atoms with E-state index in [0.717, 1.165) is 6.54 Å². The van der Waals surface area contributed by atoms with Gasteiger partial charge in [-0.3, -0.25) is 0 Å². The maximum absolute atomic E-state index is 3.74. The summed E-state index contributed by atoms with van der Waals surface area (Å²) in [6, 6.07) is 7.19. The highest BCUT2D eigenvalue weighted by molar-refractivity contribution is 5.32. The van der Waals surface area contributed by atoms with Crippen LogP contribution in [0.3, 0.4) is 0 Å². The van der Waals surface area contributed by atoms with Gasteiger partial charge in [-0.15, -0.1) is 0 Å². The molecule has 0 radical (unpaired) electrons. The van der Waals surface area contributed by atoms with Crippen LogP contribution in [0.1, 0.15) is 48.9 Å². The SMILES string of the molecule is Cc1ccc(C(C)NCC2(N(C)C)CCC2)c(C)c1. The average molecular weight is 260 g/mol. The molecule has 1 atom stereocenters. The lowest BCUT2D eigenvalue weighted by atomic mass is 9.75. The molecule has 0 aromatic heterocycles. The first kappa shape index (κ1) is 14.5. The molecule has 106 valence electrons. The first-order chi connectivity index (χ1) is 8.94. The molecule has 1 aromatic carbocycles. The van der Waals surface area contributed by atoms with Crippen LogP contribution in [-0.4, -0.2) is 31.1 Å². The molecule has 0 aliphatic heterocycles. The highest BCUT2D eigenvalue weighted by Crippen LogP contribution is 2.36. The zero-order valence-corrected chi connectivity index (χ0v) is 13.1. The van der Waals surface area contributed by atoms with E-state index in [4.69, 9.17) is 0 Å². The van der Waals surface area contributed by atoms with Gasteiger partial charge in [0.05, 0.1) is 0 Å². The van der Waals surface area contributed by atoms with Crippen molar-refractivity contribution in [1.29, 1.82) is 0 Å². The third-order valence-electron chi connectivity index (χ3n) is 4.86. The van der Waals surface area contributed by atoms with Gasteiger partial charge in [-0.05, 0) is 65.3 Å². The number of rotatable bonds is 5. The van der Waals surface area contributed by atoms with Gasteiger partial charge in [-0.2, -0.15) is 0 Å². The van der Waals surface area contributed by atoms with E-state index in [1.54, 1.807) is 0 Å². The predicted octanol–water partition coefficient (Wildman–Crippen LogP) is 3.44. The lowest BCUT2D eigenvalue weighted by molar-refractivity contribution is 0.0576. The summed E-state index contributed by atoms with van der Waals surface area (Å²) in [7, 11) is 4.42. The maximum atomic E-state index is 3.74. The monoisotopic (exact) mass is 260 g/mol. The molecule has 1 fully saturated rings. The van der Waals surface area contributed by atoms with E-state index in [2.05, 4.69) is 63.3 Å². The molecular weight excluding hydrogens is 232 g/mol. The number of aryl methyl sites for hydroxylation is 2. The first-order valence-corrected chi connectivity index (χ1v) is 7.42. The fraction of sp³-hybridized carbons (Fsp3) is 0.647. The van der Waals surface area contributed by atoms with E-state index in [-0.39, 0.29) is 0 Å². The van der Waals surface area contributed by atoms with E-state index in [0.29, 0.717) is 11.6 Å². The number of nitrogens with one attached hydrogen (secondary N) is 1.